The number of thiazole rings is 1. The summed E-state index contributed by atoms with van der Waals surface area (Å²) in [7, 11) is 1.69. The molecule has 26 heavy (non-hydrogen) atoms. The predicted octanol–water partition coefficient (Wildman–Crippen LogP) is 4.62. The van der Waals surface area contributed by atoms with Crippen molar-refractivity contribution in [3.05, 3.63) is 35.5 Å². The standard InChI is InChI=1S/C20H25N3O2S/c1-12(2)19(24)22-18-17(13(3)14(4)23(18)10-11-25-5)20-21-15-8-6-7-9-16(15)26-20/h6-9,12H,10-11H2,1-5H3,(H,22,24). The average Bonchev–Trinajstić information content (AvgIpc) is 3.13. The van der Waals surface area contributed by atoms with E-state index in [-0.39, 0.29) is 11.8 Å². The van der Waals surface area contributed by atoms with Gasteiger partial charge in [0.15, 0.2) is 0 Å². The Bertz CT molecular complexity index is 907. The number of methoxy groups -OCH3 is 1. The first kappa shape index (κ1) is 18.6. The molecule has 0 saturated carbocycles. The van der Waals surface area contributed by atoms with Crippen LogP contribution in [0.25, 0.3) is 20.8 Å². The van der Waals surface area contributed by atoms with E-state index in [0.717, 1.165) is 37.9 Å². The van der Waals surface area contributed by atoms with Crippen molar-refractivity contribution < 1.29 is 9.53 Å². The van der Waals surface area contributed by atoms with E-state index in [1.807, 2.05) is 32.0 Å². The molecule has 6 heteroatoms. The number of nitrogens with zero attached hydrogens (tertiary/aromatic N) is 2. The maximum Gasteiger partial charge on any atom is 0.228 e. The molecule has 0 aliphatic rings. The smallest absolute Gasteiger partial charge is 0.228 e. The van der Waals surface area contributed by atoms with Gasteiger partial charge in [0.2, 0.25) is 5.91 Å². The minimum absolute atomic E-state index is 0.00327. The van der Waals surface area contributed by atoms with Crippen LogP contribution in [0.15, 0.2) is 24.3 Å². The normalized spacial score (nSPS) is 11.5. The number of hydrogen-bond acceptors (Lipinski definition) is 4. The van der Waals surface area contributed by atoms with E-state index in [1.54, 1.807) is 18.4 Å². The fourth-order valence-electron chi connectivity index (χ4n) is 2.96. The molecule has 1 N–H and O–H groups in total. The molecule has 1 amide bonds. The number of amides is 1. The number of carbonyl (C=O) groups excluding carboxylic acids is 1. The van der Waals surface area contributed by atoms with Crippen molar-refractivity contribution in [1.29, 1.82) is 0 Å². The molecule has 5 nitrogen and oxygen atoms in total. The first-order valence-electron chi connectivity index (χ1n) is 8.79. The molecule has 0 radical (unpaired) electrons. The molecule has 0 atom stereocenters. The number of aromatic nitrogens is 2. The molecule has 0 bridgehead atoms. The first-order chi connectivity index (χ1) is 12.4. The van der Waals surface area contributed by atoms with Crippen LogP contribution in [0.5, 0.6) is 0 Å². The Morgan fingerprint density at radius 3 is 2.69 bits per heavy atom. The molecule has 0 aliphatic heterocycles. The molecule has 3 aromatic rings. The molecule has 0 spiro atoms. The summed E-state index contributed by atoms with van der Waals surface area (Å²) in [6.45, 7) is 9.22. The van der Waals surface area contributed by atoms with Gasteiger partial charge in [-0.15, -0.1) is 11.3 Å². The Kier molecular flexibility index (Phi) is 5.44. The maximum absolute atomic E-state index is 12.4. The van der Waals surface area contributed by atoms with Crippen LogP contribution in [0.1, 0.15) is 25.1 Å². The van der Waals surface area contributed by atoms with E-state index in [1.165, 1.54) is 0 Å². The van der Waals surface area contributed by atoms with Gasteiger partial charge in [0.1, 0.15) is 10.8 Å². The van der Waals surface area contributed by atoms with Crippen molar-refractivity contribution in [2.45, 2.75) is 34.2 Å². The summed E-state index contributed by atoms with van der Waals surface area (Å²) in [5, 5.41) is 4.06. The Morgan fingerprint density at radius 2 is 2.04 bits per heavy atom. The Labute approximate surface area is 158 Å². The first-order valence-corrected chi connectivity index (χ1v) is 9.61. The van der Waals surface area contributed by atoms with Gasteiger partial charge in [-0.1, -0.05) is 26.0 Å². The third-order valence-electron chi connectivity index (χ3n) is 4.62. The number of anilines is 1. The van der Waals surface area contributed by atoms with E-state index in [9.17, 15) is 4.79 Å². The number of ether oxygens (including phenoxy) is 1. The molecule has 0 unspecified atom stereocenters. The number of carbonyl (C=O) groups is 1. The molecule has 2 aromatic heterocycles. The van der Waals surface area contributed by atoms with Crippen molar-refractivity contribution in [2.24, 2.45) is 5.92 Å². The van der Waals surface area contributed by atoms with E-state index < -0.39 is 0 Å². The zero-order valence-corrected chi connectivity index (χ0v) is 16.7. The van der Waals surface area contributed by atoms with Crippen molar-refractivity contribution in [2.75, 3.05) is 19.0 Å². The van der Waals surface area contributed by atoms with Crippen LogP contribution in [0.4, 0.5) is 5.82 Å². The minimum atomic E-state index is -0.0930. The lowest BCUT2D eigenvalue weighted by Gasteiger charge is -2.14. The topological polar surface area (TPSA) is 56.1 Å². The highest BCUT2D eigenvalue weighted by Gasteiger charge is 2.23. The van der Waals surface area contributed by atoms with Crippen LogP contribution in [0.2, 0.25) is 0 Å². The number of hydrogen-bond donors (Lipinski definition) is 1. The molecule has 2 heterocycles. The molecular formula is C20H25N3O2S. The van der Waals surface area contributed by atoms with E-state index >= 15 is 0 Å². The second-order valence-electron chi connectivity index (χ2n) is 6.71. The predicted molar refractivity (Wildman–Crippen MR) is 108 cm³/mol. The molecule has 138 valence electrons. The highest BCUT2D eigenvalue weighted by molar-refractivity contribution is 7.21. The lowest BCUT2D eigenvalue weighted by Crippen LogP contribution is -2.21. The van der Waals surface area contributed by atoms with Crippen molar-refractivity contribution in [1.82, 2.24) is 9.55 Å². The molecular weight excluding hydrogens is 346 g/mol. The third-order valence-corrected chi connectivity index (χ3v) is 5.68. The number of nitrogens with one attached hydrogen (secondary N) is 1. The van der Waals surface area contributed by atoms with Crippen LogP contribution in [-0.2, 0) is 16.1 Å². The highest BCUT2D eigenvalue weighted by Crippen LogP contribution is 2.40. The summed E-state index contributed by atoms with van der Waals surface area (Å²) in [5.41, 5.74) is 4.25. The van der Waals surface area contributed by atoms with E-state index in [4.69, 9.17) is 9.72 Å². The fraction of sp³-hybridized carbons (Fsp3) is 0.400. The summed E-state index contributed by atoms with van der Waals surface area (Å²) in [6.07, 6.45) is 0. The second-order valence-corrected chi connectivity index (χ2v) is 7.74. The summed E-state index contributed by atoms with van der Waals surface area (Å²) in [4.78, 5) is 17.3. The van der Waals surface area contributed by atoms with Gasteiger partial charge in [0.25, 0.3) is 0 Å². The summed E-state index contributed by atoms with van der Waals surface area (Å²) in [6, 6.07) is 8.11. The van der Waals surface area contributed by atoms with Gasteiger partial charge >= 0.3 is 0 Å². The largest absolute Gasteiger partial charge is 0.383 e. The molecule has 0 saturated heterocycles. The van der Waals surface area contributed by atoms with E-state index in [2.05, 4.69) is 29.8 Å². The molecule has 3 rings (SSSR count). The quantitative estimate of drug-likeness (QED) is 0.688. The van der Waals surface area contributed by atoms with Crippen LogP contribution in [-0.4, -0.2) is 29.2 Å². The van der Waals surface area contributed by atoms with E-state index in [0.29, 0.717) is 13.2 Å². The van der Waals surface area contributed by atoms with Gasteiger partial charge in [-0.2, -0.15) is 0 Å². The molecule has 0 fully saturated rings. The summed E-state index contributed by atoms with van der Waals surface area (Å²) >= 11 is 1.65. The van der Waals surface area contributed by atoms with Gasteiger partial charge < -0.3 is 14.6 Å². The zero-order chi connectivity index (χ0) is 18.8. The van der Waals surface area contributed by atoms with Gasteiger partial charge in [0.05, 0.1) is 22.4 Å². The van der Waals surface area contributed by atoms with Crippen LogP contribution in [0.3, 0.4) is 0 Å². The second kappa shape index (κ2) is 7.60. The minimum Gasteiger partial charge on any atom is -0.383 e. The number of fused-ring (bicyclic) bond motifs is 1. The van der Waals surface area contributed by atoms with Gasteiger partial charge in [-0.25, -0.2) is 4.98 Å². The number of benzene rings is 1. The van der Waals surface area contributed by atoms with Crippen molar-refractivity contribution >= 4 is 33.3 Å². The van der Waals surface area contributed by atoms with Gasteiger partial charge in [0, 0.05) is 25.3 Å². The SMILES string of the molecule is COCCn1c(C)c(C)c(-c2nc3ccccc3s2)c1NC(=O)C(C)C. The Morgan fingerprint density at radius 1 is 1.31 bits per heavy atom. The summed E-state index contributed by atoms with van der Waals surface area (Å²) in [5.74, 6) is 0.725. The molecule has 0 aliphatic carbocycles. The van der Waals surface area contributed by atoms with Crippen LogP contribution in [0, 0.1) is 19.8 Å². The average molecular weight is 372 g/mol. The maximum atomic E-state index is 12.4. The monoisotopic (exact) mass is 371 g/mol. The highest BCUT2D eigenvalue weighted by atomic mass is 32.1. The van der Waals surface area contributed by atoms with Crippen molar-refractivity contribution in [3.8, 4) is 10.6 Å². The van der Waals surface area contributed by atoms with Gasteiger partial charge in [-0.3, -0.25) is 4.79 Å². The molecule has 1 aromatic carbocycles. The zero-order valence-electron chi connectivity index (χ0n) is 15.9. The number of rotatable bonds is 6. The van der Waals surface area contributed by atoms with Crippen LogP contribution < -0.4 is 5.32 Å². The van der Waals surface area contributed by atoms with Gasteiger partial charge in [-0.05, 0) is 31.5 Å². The Hall–Kier alpha value is -2.18. The lowest BCUT2D eigenvalue weighted by molar-refractivity contribution is -0.118. The number of para-hydroxylation sites is 1. The lowest BCUT2D eigenvalue weighted by atomic mass is 10.1. The third kappa shape index (κ3) is 3.39. The van der Waals surface area contributed by atoms with Crippen LogP contribution >= 0.6 is 11.3 Å². The Balaban J connectivity index is 2.17. The summed E-state index contributed by atoms with van der Waals surface area (Å²) < 4.78 is 8.53. The van der Waals surface area contributed by atoms with Crippen molar-refractivity contribution in [3.63, 3.8) is 0 Å². The fourth-order valence-corrected chi connectivity index (χ4v) is 4.03.